The number of piperazine rings is 1. The Morgan fingerprint density at radius 3 is 2.76 bits per heavy atom. The van der Waals surface area contributed by atoms with Crippen LogP contribution in [0.5, 0.6) is 5.75 Å². The lowest BCUT2D eigenvalue weighted by Gasteiger charge is -2.44. The number of hydrogen-bond donors (Lipinski definition) is 1. The van der Waals surface area contributed by atoms with Crippen LogP contribution < -0.4 is 10.5 Å². The van der Waals surface area contributed by atoms with Gasteiger partial charge in [0.05, 0.1) is 5.56 Å². The maximum Gasteiger partial charge on any atom is 0.253 e. The van der Waals surface area contributed by atoms with Crippen LogP contribution in [0.1, 0.15) is 45.5 Å². The molecule has 152 valence electrons. The summed E-state index contributed by atoms with van der Waals surface area (Å²) in [6.07, 6.45) is 3.70. The molecule has 6 nitrogen and oxygen atoms in total. The van der Waals surface area contributed by atoms with Crippen molar-refractivity contribution in [3.63, 3.8) is 0 Å². The van der Waals surface area contributed by atoms with Crippen molar-refractivity contribution in [1.82, 2.24) is 9.80 Å². The van der Waals surface area contributed by atoms with E-state index in [1.807, 2.05) is 29.2 Å². The fraction of sp³-hybridized carbons (Fsp3) is 0.391. The van der Waals surface area contributed by atoms with Crippen molar-refractivity contribution < 1.29 is 14.3 Å². The Balaban J connectivity index is 1.42. The number of carbonyl (C=O) groups is 2. The van der Waals surface area contributed by atoms with Gasteiger partial charge >= 0.3 is 0 Å². The lowest BCUT2D eigenvalue weighted by atomic mass is 9.99. The second kappa shape index (κ2) is 8.66. The van der Waals surface area contributed by atoms with Crippen LogP contribution >= 0.6 is 0 Å². The number of piperidine rings is 1. The second-order valence-electron chi connectivity index (χ2n) is 7.79. The van der Waals surface area contributed by atoms with Crippen molar-refractivity contribution in [2.45, 2.75) is 31.9 Å². The molecule has 0 aliphatic carbocycles. The highest BCUT2D eigenvalue weighted by Gasteiger charge is 2.31. The summed E-state index contributed by atoms with van der Waals surface area (Å²) in [6, 6.07) is 14.9. The summed E-state index contributed by atoms with van der Waals surface area (Å²) in [5, 5.41) is 0. The quantitative estimate of drug-likeness (QED) is 0.847. The molecule has 2 aromatic carbocycles. The number of para-hydroxylation sites is 1. The van der Waals surface area contributed by atoms with Crippen LogP contribution in [0.3, 0.4) is 0 Å². The van der Waals surface area contributed by atoms with Crippen molar-refractivity contribution >= 4 is 11.8 Å². The van der Waals surface area contributed by atoms with Crippen LogP contribution in [-0.2, 0) is 6.61 Å². The molecular formula is C23H27N3O3. The molecule has 2 aliphatic heterocycles. The van der Waals surface area contributed by atoms with E-state index in [0.717, 1.165) is 31.7 Å². The first-order valence-electron chi connectivity index (χ1n) is 10.3. The molecule has 0 bridgehead atoms. The summed E-state index contributed by atoms with van der Waals surface area (Å²) in [4.78, 5) is 29.1. The Labute approximate surface area is 171 Å². The molecule has 4 rings (SSSR count). The van der Waals surface area contributed by atoms with Gasteiger partial charge in [-0.25, -0.2) is 0 Å². The lowest BCUT2D eigenvalue weighted by molar-refractivity contribution is 0.0372. The zero-order valence-corrected chi connectivity index (χ0v) is 16.5. The first-order valence-corrected chi connectivity index (χ1v) is 10.3. The molecule has 0 radical (unpaired) electrons. The van der Waals surface area contributed by atoms with Gasteiger partial charge in [0.2, 0.25) is 0 Å². The van der Waals surface area contributed by atoms with E-state index >= 15 is 0 Å². The van der Waals surface area contributed by atoms with E-state index < -0.39 is 5.91 Å². The summed E-state index contributed by atoms with van der Waals surface area (Å²) in [5.41, 5.74) is 7.32. The Bertz CT molecular complexity index is 898. The topological polar surface area (TPSA) is 75.9 Å². The van der Waals surface area contributed by atoms with Crippen molar-refractivity contribution in [1.29, 1.82) is 0 Å². The molecule has 2 saturated heterocycles. The molecule has 0 aromatic heterocycles. The van der Waals surface area contributed by atoms with Gasteiger partial charge < -0.3 is 15.4 Å². The number of amides is 2. The predicted molar refractivity (Wildman–Crippen MR) is 111 cm³/mol. The highest BCUT2D eigenvalue weighted by atomic mass is 16.5. The zero-order chi connectivity index (χ0) is 20.2. The highest BCUT2D eigenvalue weighted by molar-refractivity contribution is 5.95. The number of primary amides is 1. The Morgan fingerprint density at radius 2 is 1.90 bits per heavy atom. The highest BCUT2D eigenvalue weighted by Crippen LogP contribution is 2.23. The van der Waals surface area contributed by atoms with E-state index in [4.69, 9.17) is 10.5 Å². The molecule has 1 atom stereocenters. The summed E-state index contributed by atoms with van der Waals surface area (Å²) in [6.45, 7) is 3.98. The summed E-state index contributed by atoms with van der Waals surface area (Å²) >= 11 is 0. The maximum atomic E-state index is 13.0. The fourth-order valence-electron chi connectivity index (χ4n) is 4.27. The van der Waals surface area contributed by atoms with Gasteiger partial charge in [0, 0.05) is 31.2 Å². The van der Waals surface area contributed by atoms with Crippen LogP contribution in [0.2, 0.25) is 0 Å². The van der Waals surface area contributed by atoms with Crippen LogP contribution in [0.4, 0.5) is 0 Å². The minimum atomic E-state index is -0.522. The smallest absolute Gasteiger partial charge is 0.253 e. The number of fused-ring (bicyclic) bond motifs is 1. The first kappa shape index (κ1) is 19.5. The average molecular weight is 393 g/mol. The molecular weight excluding hydrogens is 366 g/mol. The molecule has 2 heterocycles. The monoisotopic (exact) mass is 393 g/mol. The fourth-order valence-corrected chi connectivity index (χ4v) is 4.27. The van der Waals surface area contributed by atoms with Crippen LogP contribution in [0.15, 0.2) is 48.5 Å². The molecule has 0 unspecified atom stereocenters. The van der Waals surface area contributed by atoms with E-state index in [1.165, 1.54) is 19.3 Å². The van der Waals surface area contributed by atoms with Crippen LogP contribution in [0.25, 0.3) is 0 Å². The predicted octanol–water partition coefficient (Wildman–Crippen LogP) is 2.67. The van der Waals surface area contributed by atoms with Gasteiger partial charge in [-0.05, 0) is 49.2 Å². The maximum absolute atomic E-state index is 13.0. The molecule has 2 aromatic rings. The molecule has 0 saturated carbocycles. The van der Waals surface area contributed by atoms with Gasteiger partial charge in [0.25, 0.3) is 11.8 Å². The normalized spacial score (nSPS) is 19.4. The first-order chi connectivity index (χ1) is 14.1. The minimum absolute atomic E-state index is 0.0783. The zero-order valence-electron chi connectivity index (χ0n) is 16.5. The molecule has 6 heteroatoms. The molecule has 2 aliphatic rings. The van der Waals surface area contributed by atoms with Gasteiger partial charge in [-0.15, -0.1) is 0 Å². The summed E-state index contributed by atoms with van der Waals surface area (Å²) in [5.74, 6) is 0.00569. The Hall–Kier alpha value is -2.86. The third kappa shape index (κ3) is 4.43. The minimum Gasteiger partial charge on any atom is -0.488 e. The van der Waals surface area contributed by atoms with E-state index in [-0.39, 0.29) is 12.5 Å². The van der Waals surface area contributed by atoms with Gasteiger partial charge in [0.1, 0.15) is 12.4 Å². The summed E-state index contributed by atoms with van der Waals surface area (Å²) in [7, 11) is 0. The van der Waals surface area contributed by atoms with E-state index in [9.17, 15) is 9.59 Å². The van der Waals surface area contributed by atoms with Gasteiger partial charge in [0.15, 0.2) is 0 Å². The van der Waals surface area contributed by atoms with Gasteiger partial charge in [-0.2, -0.15) is 0 Å². The SMILES string of the molecule is NC(=O)c1ccccc1OCc1cccc(C(=O)N2CCN3CCCC[C@@H]3C2)c1. The van der Waals surface area contributed by atoms with Crippen molar-refractivity contribution in [3.8, 4) is 5.75 Å². The van der Waals surface area contributed by atoms with Gasteiger partial charge in [-0.1, -0.05) is 30.7 Å². The number of ether oxygens (including phenoxy) is 1. The lowest BCUT2D eigenvalue weighted by Crippen LogP contribution is -2.56. The van der Waals surface area contributed by atoms with Crippen molar-refractivity contribution in [2.24, 2.45) is 5.73 Å². The third-order valence-electron chi connectivity index (χ3n) is 5.85. The number of benzene rings is 2. The number of rotatable bonds is 5. The largest absolute Gasteiger partial charge is 0.488 e. The number of nitrogens with two attached hydrogens (primary N) is 1. The second-order valence-corrected chi connectivity index (χ2v) is 7.79. The van der Waals surface area contributed by atoms with Crippen LogP contribution in [0, 0.1) is 0 Å². The molecule has 2 amide bonds. The average Bonchev–Trinajstić information content (AvgIpc) is 2.77. The molecule has 2 N–H and O–H groups in total. The Morgan fingerprint density at radius 1 is 1.03 bits per heavy atom. The van der Waals surface area contributed by atoms with Crippen LogP contribution in [-0.4, -0.2) is 53.8 Å². The van der Waals surface area contributed by atoms with E-state index in [2.05, 4.69) is 4.90 Å². The number of nitrogens with zero attached hydrogens (tertiary/aromatic N) is 2. The van der Waals surface area contributed by atoms with Crippen molar-refractivity contribution in [2.75, 3.05) is 26.2 Å². The van der Waals surface area contributed by atoms with Gasteiger partial charge in [-0.3, -0.25) is 14.5 Å². The number of carbonyl (C=O) groups excluding carboxylic acids is 2. The van der Waals surface area contributed by atoms with Crippen molar-refractivity contribution in [3.05, 3.63) is 65.2 Å². The summed E-state index contributed by atoms with van der Waals surface area (Å²) < 4.78 is 5.80. The molecule has 29 heavy (non-hydrogen) atoms. The number of hydrogen-bond acceptors (Lipinski definition) is 4. The standard InChI is InChI=1S/C23H27N3O3/c24-22(27)20-9-1-2-10-21(20)29-16-17-6-5-7-18(14-17)23(28)26-13-12-25-11-4-3-8-19(25)15-26/h1-2,5-7,9-10,14,19H,3-4,8,11-13,15-16H2,(H2,24,27)/t19-/m1/s1. The van der Waals surface area contributed by atoms with E-state index in [1.54, 1.807) is 24.3 Å². The molecule has 0 spiro atoms. The van der Waals surface area contributed by atoms with E-state index in [0.29, 0.717) is 22.9 Å². The molecule has 2 fully saturated rings. The Kier molecular flexibility index (Phi) is 5.81. The third-order valence-corrected chi connectivity index (χ3v) is 5.85.